The van der Waals surface area contributed by atoms with Gasteiger partial charge >= 0.3 is 6.09 Å². The van der Waals surface area contributed by atoms with Gasteiger partial charge in [0.15, 0.2) is 0 Å². The number of amides is 1. The van der Waals surface area contributed by atoms with Gasteiger partial charge in [-0.3, -0.25) is 0 Å². The van der Waals surface area contributed by atoms with E-state index in [1.807, 2.05) is 13.0 Å². The Morgan fingerprint density at radius 3 is 2.60 bits per heavy atom. The SMILES string of the molecule is CCOC(=O)N1CCC(N[C@H](C)c2ccccc2)CC1. The summed E-state index contributed by atoms with van der Waals surface area (Å²) < 4.78 is 5.03. The number of likely N-dealkylation sites (tertiary alicyclic amines) is 1. The van der Waals surface area contributed by atoms with Crippen LogP contribution in [0.15, 0.2) is 30.3 Å². The van der Waals surface area contributed by atoms with Gasteiger partial charge in [0.1, 0.15) is 0 Å². The molecule has 0 saturated carbocycles. The first-order valence-electron chi connectivity index (χ1n) is 7.43. The number of carbonyl (C=O) groups excluding carboxylic acids is 1. The fraction of sp³-hybridized carbons (Fsp3) is 0.562. The van der Waals surface area contributed by atoms with Crippen LogP contribution in [0.3, 0.4) is 0 Å². The minimum absolute atomic E-state index is 0.179. The van der Waals surface area contributed by atoms with Crippen LogP contribution in [0.4, 0.5) is 4.79 Å². The number of hydrogen-bond acceptors (Lipinski definition) is 3. The number of nitrogens with zero attached hydrogens (tertiary/aromatic N) is 1. The lowest BCUT2D eigenvalue weighted by molar-refractivity contribution is 0.0944. The number of hydrogen-bond donors (Lipinski definition) is 1. The number of benzene rings is 1. The van der Waals surface area contributed by atoms with Gasteiger partial charge in [0.2, 0.25) is 0 Å². The molecule has 0 spiro atoms. The highest BCUT2D eigenvalue weighted by Gasteiger charge is 2.24. The Labute approximate surface area is 121 Å². The molecule has 1 N–H and O–H groups in total. The highest BCUT2D eigenvalue weighted by atomic mass is 16.6. The Hall–Kier alpha value is -1.55. The summed E-state index contributed by atoms with van der Waals surface area (Å²) in [6.45, 7) is 6.03. The van der Waals surface area contributed by atoms with Crippen molar-refractivity contribution < 1.29 is 9.53 Å². The molecule has 1 saturated heterocycles. The molecular weight excluding hydrogens is 252 g/mol. The summed E-state index contributed by atoms with van der Waals surface area (Å²) in [5, 5.41) is 3.65. The predicted molar refractivity (Wildman–Crippen MR) is 79.6 cm³/mol. The topological polar surface area (TPSA) is 41.6 Å². The van der Waals surface area contributed by atoms with Crippen molar-refractivity contribution in [1.82, 2.24) is 10.2 Å². The highest BCUT2D eigenvalue weighted by molar-refractivity contribution is 5.67. The maximum absolute atomic E-state index is 11.6. The maximum Gasteiger partial charge on any atom is 0.409 e. The molecule has 4 nitrogen and oxygen atoms in total. The van der Waals surface area contributed by atoms with E-state index in [1.165, 1.54) is 5.56 Å². The fourth-order valence-corrected chi connectivity index (χ4v) is 2.63. The van der Waals surface area contributed by atoms with Crippen LogP contribution in [0.1, 0.15) is 38.3 Å². The van der Waals surface area contributed by atoms with Gasteiger partial charge in [0, 0.05) is 25.2 Å². The van der Waals surface area contributed by atoms with E-state index in [0.29, 0.717) is 18.7 Å². The third-order valence-electron chi connectivity index (χ3n) is 3.81. The van der Waals surface area contributed by atoms with Gasteiger partial charge in [-0.1, -0.05) is 30.3 Å². The van der Waals surface area contributed by atoms with Crippen LogP contribution in [0.25, 0.3) is 0 Å². The van der Waals surface area contributed by atoms with E-state index in [1.54, 1.807) is 4.90 Å². The van der Waals surface area contributed by atoms with Crippen molar-refractivity contribution in [3.8, 4) is 0 Å². The van der Waals surface area contributed by atoms with Gasteiger partial charge in [-0.2, -0.15) is 0 Å². The van der Waals surface area contributed by atoms with Crippen LogP contribution in [0.5, 0.6) is 0 Å². The third kappa shape index (κ3) is 3.97. The molecular formula is C16H24N2O2. The largest absolute Gasteiger partial charge is 0.450 e. The van der Waals surface area contributed by atoms with Gasteiger partial charge in [-0.15, -0.1) is 0 Å². The first kappa shape index (κ1) is 14.9. The molecule has 0 aliphatic carbocycles. The second-order valence-corrected chi connectivity index (χ2v) is 5.26. The van der Waals surface area contributed by atoms with Crippen molar-refractivity contribution in [2.24, 2.45) is 0 Å². The van der Waals surface area contributed by atoms with Crippen LogP contribution < -0.4 is 5.32 Å². The number of carbonyl (C=O) groups is 1. The maximum atomic E-state index is 11.6. The molecule has 0 aromatic heterocycles. The van der Waals surface area contributed by atoms with Crippen molar-refractivity contribution in [2.75, 3.05) is 19.7 Å². The lowest BCUT2D eigenvalue weighted by Gasteiger charge is -2.33. The zero-order valence-corrected chi connectivity index (χ0v) is 12.3. The van der Waals surface area contributed by atoms with Gasteiger partial charge < -0.3 is 15.0 Å². The van der Waals surface area contributed by atoms with Gasteiger partial charge in [0.25, 0.3) is 0 Å². The minimum atomic E-state index is -0.179. The Balaban J connectivity index is 1.78. The van der Waals surface area contributed by atoms with E-state index in [4.69, 9.17) is 4.74 Å². The average Bonchev–Trinajstić information content (AvgIpc) is 2.49. The molecule has 1 heterocycles. The van der Waals surface area contributed by atoms with Crippen molar-refractivity contribution in [3.05, 3.63) is 35.9 Å². The molecule has 20 heavy (non-hydrogen) atoms. The summed E-state index contributed by atoms with van der Waals surface area (Å²) in [7, 11) is 0. The second kappa shape index (κ2) is 7.29. The van der Waals surface area contributed by atoms with Crippen molar-refractivity contribution in [3.63, 3.8) is 0 Å². The molecule has 1 fully saturated rings. The number of nitrogens with one attached hydrogen (secondary N) is 1. The quantitative estimate of drug-likeness (QED) is 0.919. The van der Waals surface area contributed by atoms with E-state index >= 15 is 0 Å². The van der Waals surface area contributed by atoms with Gasteiger partial charge in [-0.25, -0.2) is 4.79 Å². The molecule has 1 atom stereocenters. The van der Waals surface area contributed by atoms with Crippen LogP contribution in [-0.2, 0) is 4.74 Å². The smallest absolute Gasteiger partial charge is 0.409 e. The summed E-state index contributed by atoms with van der Waals surface area (Å²) in [4.78, 5) is 13.4. The Morgan fingerprint density at radius 1 is 1.35 bits per heavy atom. The molecule has 1 aromatic carbocycles. The van der Waals surface area contributed by atoms with Crippen molar-refractivity contribution in [2.45, 2.75) is 38.8 Å². The molecule has 2 rings (SSSR count). The van der Waals surface area contributed by atoms with E-state index in [0.717, 1.165) is 25.9 Å². The number of piperidine rings is 1. The summed E-state index contributed by atoms with van der Waals surface area (Å²) in [5.41, 5.74) is 1.31. The number of rotatable bonds is 4. The third-order valence-corrected chi connectivity index (χ3v) is 3.81. The van der Waals surface area contributed by atoms with Crippen molar-refractivity contribution in [1.29, 1.82) is 0 Å². The first-order valence-corrected chi connectivity index (χ1v) is 7.43. The molecule has 1 aliphatic heterocycles. The lowest BCUT2D eigenvalue weighted by atomic mass is 10.0. The molecule has 0 radical (unpaired) electrons. The lowest BCUT2D eigenvalue weighted by Crippen LogP contribution is -2.45. The summed E-state index contributed by atoms with van der Waals surface area (Å²) in [6, 6.07) is 11.3. The average molecular weight is 276 g/mol. The Kier molecular flexibility index (Phi) is 5.41. The molecule has 0 bridgehead atoms. The fourth-order valence-electron chi connectivity index (χ4n) is 2.63. The van der Waals surface area contributed by atoms with E-state index in [9.17, 15) is 4.79 Å². The minimum Gasteiger partial charge on any atom is -0.450 e. The van der Waals surface area contributed by atoms with Gasteiger partial charge in [0.05, 0.1) is 6.61 Å². The number of ether oxygens (including phenoxy) is 1. The monoisotopic (exact) mass is 276 g/mol. The molecule has 4 heteroatoms. The first-order chi connectivity index (χ1) is 9.70. The normalized spacial score (nSPS) is 17.8. The Bertz CT molecular complexity index is 414. The standard InChI is InChI=1S/C16H24N2O2/c1-3-20-16(19)18-11-9-15(10-12-18)17-13(2)14-7-5-4-6-8-14/h4-8,13,15,17H,3,9-12H2,1-2H3/t13-/m1/s1. The summed E-state index contributed by atoms with van der Waals surface area (Å²) in [5.74, 6) is 0. The zero-order chi connectivity index (χ0) is 14.4. The van der Waals surface area contributed by atoms with Crippen LogP contribution in [0, 0.1) is 0 Å². The summed E-state index contributed by atoms with van der Waals surface area (Å²) in [6.07, 6.45) is 1.79. The second-order valence-electron chi connectivity index (χ2n) is 5.26. The summed E-state index contributed by atoms with van der Waals surface area (Å²) >= 11 is 0. The van der Waals surface area contributed by atoms with Crippen molar-refractivity contribution >= 4 is 6.09 Å². The van der Waals surface area contributed by atoms with Gasteiger partial charge in [-0.05, 0) is 32.3 Å². The van der Waals surface area contributed by atoms with E-state index in [2.05, 4.69) is 36.5 Å². The van der Waals surface area contributed by atoms with E-state index in [-0.39, 0.29) is 6.09 Å². The highest BCUT2D eigenvalue weighted by Crippen LogP contribution is 2.17. The zero-order valence-electron chi connectivity index (χ0n) is 12.3. The van der Waals surface area contributed by atoms with Crippen LogP contribution >= 0.6 is 0 Å². The van der Waals surface area contributed by atoms with Crippen LogP contribution in [0.2, 0.25) is 0 Å². The Morgan fingerprint density at radius 2 is 2.00 bits per heavy atom. The molecule has 1 amide bonds. The van der Waals surface area contributed by atoms with E-state index < -0.39 is 0 Å². The molecule has 1 aliphatic rings. The molecule has 0 unspecified atom stereocenters. The molecule has 1 aromatic rings. The predicted octanol–water partition coefficient (Wildman–Crippen LogP) is 2.96. The molecule has 110 valence electrons. The van der Waals surface area contributed by atoms with Crippen LogP contribution in [-0.4, -0.2) is 36.7 Å².